The third-order valence-electron chi connectivity index (χ3n) is 10.7. The Labute approximate surface area is 295 Å². The monoisotopic (exact) mass is 679 g/mol. The number of aryl methyl sites for hydroxylation is 1. The first-order valence-corrected chi connectivity index (χ1v) is 19.7. The lowest BCUT2D eigenvalue weighted by atomic mass is 9.89. The maximum absolute atomic E-state index is 8.25. The molecule has 0 spiro atoms. The summed E-state index contributed by atoms with van der Waals surface area (Å²) in [5, 5.41) is 16.1. The van der Waals surface area contributed by atoms with Crippen molar-refractivity contribution in [2.45, 2.75) is 135 Å². The molecule has 0 N–H and O–H groups in total. The second kappa shape index (κ2) is 22.0. The minimum Gasteiger partial charge on any atom is -0.356 e. The Morgan fingerprint density at radius 2 is 1.40 bits per heavy atom. The fraction of sp³-hybridized carbons (Fsp3) is 0.625. The van der Waals surface area contributed by atoms with Gasteiger partial charge in [0.1, 0.15) is 0 Å². The summed E-state index contributed by atoms with van der Waals surface area (Å²) in [6, 6.07) is 14.2. The zero-order valence-electron chi connectivity index (χ0n) is 30.4. The highest BCUT2D eigenvalue weighted by Crippen LogP contribution is 2.49. The molecule has 8 heteroatoms. The summed E-state index contributed by atoms with van der Waals surface area (Å²) in [6.45, 7) is 15.6. The Hall–Kier alpha value is -2.84. The quantitative estimate of drug-likeness (QED) is 0.108. The standard InChI is InChI=1S/C40H63N3S.NO3/c1-5-43(6-2,7-3)34-22-31-41-32-29-36(30-33-41)24-21-28-40-42(38-26-19-20-27-39(38)44-40)37-25-18-16-14-12-10-8-9-11-13-15-17-23-35(37)4;2-1(3)4/h19-21,24,26-30,32-33,35,37H,5-18,22-23,25,31,34H2,1-4H3;/q+2;-1. The first-order valence-electron chi connectivity index (χ1n) is 18.9. The Bertz CT molecular complexity index is 1250. The maximum Gasteiger partial charge on any atom is 0.169 e. The van der Waals surface area contributed by atoms with Crippen LogP contribution in [0, 0.1) is 21.2 Å². The fourth-order valence-electron chi connectivity index (χ4n) is 7.46. The largest absolute Gasteiger partial charge is 0.356 e. The third-order valence-corrected chi connectivity index (χ3v) is 11.8. The average Bonchev–Trinajstić information content (AvgIpc) is 3.44. The zero-order valence-corrected chi connectivity index (χ0v) is 31.2. The summed E-state index contributed by atoms with van der Waals surface area (Å²) in [5.41, 5.74) is 2.69. The Balaban J connectivity index is 0.00000148. The van der Waals surface area contributed by atoms with Gasteiger partial charge < -0.3 is 24.7 Å². The van der Waals surface area contributed by atoms with Gasteiger partial charge in [-0.1, -0.05) is 114 Å². The summed E-state index contributed by atoms with van der Waals surface area (Å²) >= 11 is 1.96. The van der Waals surface area contributed by atoms with Crippen LogP contribution in [0.15, 0.2) is 70.9 Å². The van der Waals surface area contributed by atoms with Crippen LogP contribution in [0.2, 0.25) is 0 Å². The van der Waals surface area contributed by atoms with E-state index in [-0.39, 0.29) is 0 Å². The number of allylic oxidation sites excluding steroid dienone is 2. The summed E-state index contributed by atoms with van der Waals surface area (Å²) in [7, 11) is 0. The molecule has 1 aliphatic heterocycles. The van der Waals surface area contributed by atoms with Crippen LogP contribution < -0.4 is 9.47 Å². The highest BCUT2D eigenvalue weighted by Gasteiger charge is 2.33. The molecular weight excluding hydrogens is 617 g/mol. The number of nitrogens with zero attached hydrogens (tertiary/aromatic N) is 4. The van der Waals surface area contributed by atoms with Gasteiger partial charge in [0.15, 0.2) is 18.9 Å². The Morgan fingerprint density at radius 1 is 0.854 bits per heavy atom. The minimum absolute atomic E-state index is 0.567. The van der Waals surface area contributed by atoms with Gasteiger partial charge >= 0.3 is 0 Å². The van der Waals surface area contributed by atoms with E-state index in [1.165, 1.54) is 142 Å². The second-order valence-electron chi connectivity index (χ2n) is 13.8. The maximum atomic E-state index is 8.25. The van der Waals surface area contributed by atoms with E-state index in [0.29, 0.717) is 12.0 Å². The molecule has 0 radical (unpaired) electrons. The Kier molecular flexibility index (Phi) is 18.1. The van der Waals surface area contributed by atoms with Gasteiger partial charge in [0, 0.05) is 23.1 Å². The highest BCUT2D eigenvalue weighted by molar-refractivity contribution is 8.03. The van der Waals surface area contributed by atoms with E-state index in [4.69, 9.17) is 15.3 Å². The van der Waals surface area contributed by atoms with Crippen LogP contribution in [-0.2, 0) is 6.54 Å². The molecule has 1 saturated carbocycles. The van der Waals surface area contributed by atoms with Gasteiger partial charge in [0.25, 0.3) is 0 Å². The van der Waals surface area contributed by atoms with E-state index < -0.39 is 5.09 Å². The number of hydrogen-bond donors (Lipinski definition) is 0. The Morgan fingerprint density at radius 3 is 1.98 bits per heavy atom. The van der Waals surface area contributed by atoms with E-state index in [2.05, 4.69) is 104 Å². The summed E-state index contributed by atoms with van der Waals surface area (Å²) < 4.78 is 3.59. The molecule has 4 rings (SSSR count). The molecule has 1 fully saturated rings. The normalized spacial score (nSPS) is 20.8. The predicted octanol–water partition coefficient (Wildman–Crippen LogP) is 10.6. The predicted molar refractivity (Wildman–Crippen MR) is 203 cm³/mol. The van der Waals surface area contributed by atoms with Crippen molar-refractivity contribution in [3.8, 4) is 0 Å². The molecule has 48 heavy (non-hydrogen) atoms. The van der Waals surface area contributed by atoms with Crippen molar-refractivity contribution in [3.63, 3.8) is 0 Å². The van der Waals surface area contributed by atoms with Gasteiger partial charge in [-0.2, -0.15) is 0 Å². The summed E-state index contributed by atoms with van der Waals surface area (Å²) in [5.74, 6) is 0.694. The van der Waals surface area contributed by atoms with Gasteiger partial charge in [-0.3, -0.25) is 0 Å². The van der Waals surface area contributed by atoms with Crippen LogP contribution in [0.25, 0.3) is 6.08 Å². The minimum atomic E-state index is -1.75. The number of quaternary nitrogens is 1. The molecule has 2 atom stereocenters. The number of aromatic nitrogens is 1. The van der Waals surface area contributed by atoms with Gasteiger partial charge in [-0.25, -0.2) is 4.57 Å². The van der Waals surface area contributed by atoms with Gasteiger partial charge in [0.2, 0.25) is 0 Å². The topological polar surface area (TPSA) is 73.3 Å². The van der Waals surface area contributed by atoms with Crippen molar-refractivity contribution in [1.29, 1.82) is 0 Å². The fourth-order valence-corrected chi connectivity index (χ4v) is 8.58. The average molecular weight is 680 g/mol. The van der Waals surface area contributed by atoms with Crippen LogP contribution in [0.3, 0.4) is 0 Å². The molecular formula is C40H63N4O3S+. The number of hydrogen-bond acceptors (Lipinski definition) is 5. The van der Waals surface area contributed by atoms with Crippen LogP contribution in [0.4, 0.5) is 5.69 Å². The molecule has 266 valence electrons. The highest BCUT2D eigenvalue weighted by atomic mass is 32.2. The number of pyridine rings is 1. The van der Waals surface area contributed by atoms with Crippen molar-refractivity contribution in [2.24, 2.45) is 5.92 Å². The van der Waals surface area contributed by atoms with Crippen LogP contribution >= 0.6 is 11.8 Å². The van der Waals surface area contributed by atoms with Crippen LogP contribution in [-0.4, -0.2) is 41.8 Å². The first-order chi connectivity index (χ1) is 23.3. The molecule has 1 aliphatic carbocycles. The zero-order chi connectivity index (χ0) is 34.6. The molecule has 2 aliphatic rings. The van der Waals surface area contributed by atoms with Crippen molar-refractivity contribution >= 4 is 23.5 Å². The van der Waals surface area contributed by atoms with E-state index in [9.17, 15) is 0 Å². The lowest BCUT2D eigenvalue weighted by Gasteiger charge is -2.35. The molecule has 1 aromatic carbocycles. The van der Waals surface area contributed by atoms with E-state index in [1.807, 2.05) is 11.8 Å². The van der Waals surface area contributed by atoms with Gasteiger partial charge in [-0.05, 0) is 63.3 Å². The van der Waals surface area contributed by atoms with Crippen LogP contribution in [0.1, 0.15) is 123 Å². The van der Waals surface area contributed by atoms with Gasteiger partial charge in [-0.15, -0.1) is 0 Å². The second-order valence-corrected chi connectivity index (χ2v) is 14.8. The van der Waals surface area contributed by atoms with Crippen LogP contribution in [0.5, 0.6) is 0 Å². The van der Waals surface area contributed by atoms with Gasteiger partial charge in [0.05, 0.1) is 48.4 Å². The third kappa shape index (κ3) is 13.2. The molecule has 2 aromatic rings. The number of thioether (sulfide) groups is 1. The van der Waals surface area contributed by atoms with Crippen molar-refractivity contribution in [1.82, 2.24) is 0 Å². The number of para-hydroxylation sites is 1. The SMILES string of the molecule is CC[N+](CC)(CC)CCC[n+]1ccc(C=CC=C2Sc3ccccc3N2C2CCCCCCCCCCCCCC2C)cc1.O=[N+]([O-])[O-]. The molecule has 2 unspecified atom stereocenters. The lowest BCUT2D eigenvalue weighted by molar-refractivity contribution is -0.925. The molecule has 1 aromatic heterocycles. The molecule has 2 heterocycles. The summed E-state index contributed by atoms with van der Waals surface area (Å²) in [6.07, 6.45) is 30.9. The molecule has 7 nitrogen and oxygen atoms in total. The molecule has 0 amide bonds. The van der Waals surface area contributed by atoms with Crippen molar-refractivity contribution in [3.05, 3.63) is 86.9 Å². The van der Waals surface area contributed by atoms with E-state index in [0.717, 1.165) is 6.54 Å². The number of rotatable bonds is 10. The van der Waals surface area contributed by atoms with E-state index in [1.54, 1.807) is 0 Å². The molecule has 0 saturated heterocycles. The van der Waals surface area contributed by atoms with E-state index >= 15 is 0 Å². The number of anilines is 1. The first kappa shape index (κ1) is 39.6. The number of fused-ring (bicyclic) bond motifs is 1. The van der Waals surface area contributed by atoms with Crippen molar-refractivity contribution in [2.75, 3.05) is 31.1 Å². The summed E-state index contributed by atoms with van der Waals surface area (Å²) in [4.78, 5) is 12.4. The van der Waals surface area contributed by atoms with Crippen molar-refractivity contribution < 1.29 is 14.1 Å². The smallest absolute Gasteiger partial charge is 0.169 e. The molecule has 0 bridgehead atoms. The number of benzene rings is 1. The lowest BCUT2D eigenvalue weighted by Crippen LogP contribution is -2.49.